The van der Waals surface area contributed by atoms with E-state index in [1.165, 1.54) is 12.1 Å². The maximum Gasteiger partial charge on any atom is 0.187 e. The molecule has 0 aliphatic heterocycles. The van der Waals surface area contributed by atoms with Crippen LogP contribution in [0, 0.1) is 5.82 Å². The van der Waals surface area contributed by atoms with Gasteiger partial charge in [-0.1, -0.05) is 12.1 Å². The minimum atomic E-state index is -0.264. The molecule has 0 amide bonds. The number of ether oxygens (including phenoxy) is 2. The Morgan fingerprint density at radius 2 is 1.81 bits per heavy atom. The average molecular weight is 283 g/mol. The molecule has 0 saturated carbocycles. The molecular weight excluding hydrogens is 269 g/mol. The molecule has 0 fully saturated rings. The zero-order valence-electron chi connectivity index (χ0n) is 11.8. The number of rotatable bonds is 3. The van der Waals surface area contributed by atoms with Gasteiger partial charge in [0.05, 0.1) is 14.2 Å². The molecule has 106 valence electrons. The van der Waals surface area contributed by atoms with Crippen LogP contribution in [0.1, 0.15) is 0 Å². The van der Waals surface area contributed by atoms with Crippen LogP contribution in [0.4, 0.5) is 4.39 Å². The fourth-order valence-corrected chi connectivity index (χ4v) is 2.34. The van der Waals surface area contributed by atoms with Gasteiger partial charge >= 0.3 is 0 Å². The monoisotopic (exact) mass is 283 g/mol. The molecule has 0 bridgehead atoms. The van der Waals surface area contributed by atoms with Crippen LogP contribution in [0.2, 0.25) is 0 Å². The van der Waals surface area contributed by atoms with Crippen LogP contribution in [0.25, 0.3) is 22.0 Å². The van der Waals surface area contributed by atoms with Crippen molar-refractivity contribution in [1.82, 2.24) is 4.98 Å². The van der Waals surface area contributed by atoms with Gasteiger partial charge in [0, 0.05) is 17.1 Å². The first-order valence-electron chi connectivity index (χ1n) is 6.49. The second-order valence-electron chi connectivity index (χ2n) is 4.61. The van der Waals surface area contributed by atoms with Crippen LogP contribution in [-0.4, -0.2) is 19.2 Å². The zero-order chi connectivity index (χ0) is 14.8. The second kappa shape index (κ2) is 5.40. The predicted octanol–water partition coefficient (Wildman–Crippen LogP) is 4.06. The molecule has 1 heterocycles. The lowest BCUT2D eigenvalue weighted by molar-refractivity contribution is 0.358. The van der Waals surface area contributed by atoms with E-state index in [1.807, 2.05) is 24.3 Å². The Hall–Kier alpha value is -2.62. The van der Waals surface area contributed by atoms with Gasteiger partial charge in [0.25, 0.3) is 0 Å². The molecule has 3 nitrogen and oxygen atoms in total. The fourth-order valence-electron chi connectivity index (χ4n) is 2.34. The number of benzene rings is 2. The summed E-state index contributed by atoms with van der Waals surface area (Å²) in [7, 11) is 3.17. The first kappa shape index (κ1) is 13.4. The molecule has 3 aromatic rings. The number of aromatic nitrogens is 1. The van der Waals surface area contributed by atoms with Gasteiger partial charge in [-0.25, -0.2) is 4.39 Å². The number of hydrogen-bond acceptors (Lipinski definition) is 3. The molecular formula is C17H14FNO2. The van der Waals surface area contributed by atoms with Gasteiger partial charge in [-0.05, 0) is 35.9 Å². The lowest BCUT2D eigenvalue weighted by Gasteiger charge is -2.11. The molecule has 0 atom stereocenters. The van der Waals surface area contributed by atoms with Crippen molar-refractivity contribution in [2.75, 3.05) is 14.2 Å². The van der Waals surface area contributed by atoms with Gasteiger partial charge in [-0.3, -0.25) is 4.98 Å². The van der Waals surface area contributed by atoms with Crippen molar-refractivity contribution >= 4 is 10.9 Å². The smallest absolute Gasteiger partial charge is 0.187 e. The summed E-state index contributed by atoms with van der Waals surface area (Å²) < 4.78 is 24.0. The number of hydrogen-bond donors (Lipinski definition) is 0. The van der Waals surface area contributed by atoms with Crippen LogP contribution < -0.4 is 9.47 Å². The Kier molecular flexibility index (Phi) is 3.44. The zero-order valence-corrected chi connectivity index (χ0v) is 11.8. The van der Waals surface area contributed by atoms with Crippen LogP contribution in [-0.2, 0) is 0 Å². The summed E-state index contributed by atoms with van der Waals surface area (Å²) in [6.45, 7) is 0. The molecule has 0 saturated heterocycles. The second-order valence-corrected chi connectivity index (χ2v) is 4.61. The summed E-state index contributed by atoms with van der Waals surface area (Å²) in [5, 5.41) is 0.911. The van der Waals surface area contributed by atoms with E-state index in [-0.39, 0.29) is 5.82 Å². The molecule has 3 rings (SSSR count). The quantitative estimate of drug-likeness (QED) is 0.726. The van der Waals surface area contributed by atoms with Gasteiger partial charge in [-0.15, -0.1) is 0 Å². The maximum absolute atomic E-state index is 13.3. The molecule has 0 N–H and O–H groups in total. The molecule has 2 aromatic carbocycles. The first-order valence-corrected chi connectivity index (χ1v) is 6.49. The SMILES string of the molecule is COc1ccc2cc(-c3cccc(F)c3)cnc2c1OC. The fraction of sp³-hybridized carbons (Fsp3) is 0.118. The van der Waals surface area contributed by atoms with Gasteiger partial charge in [-0.2, -0.15) is 0 Å². The molecule has 21 heavy (non-hydrogen) atoms. The lowest BCUT2D eigenvalue weighted by Crippen LogP contribution is -1.93. The van der Waals surface area contributed by atoms with Gasteiger partial charge in [0.1, 0.15) is 11.3 Å². The summed E-state index contributed by atoms with van der Waals surface area (Å²) in [6.07, 6.45) is 1.71. The summed E-state index contributed by atoms with van der Waals surface area (Å²) in [5.74, 6) is 0.969. The van der Waals surface area contributed by atoms with E-state index >= 15 is 0 Å². The van der Waals surface area contributed by atoms with Crippen molar-refractivity contribution in [2.24, 2.45) is 0 Å². The Bertz CT molecular complexity index is 802. The van der Waals surface area contributed by atoms with Crippen LogP contribution >= 0.6 is 0 Å². The minimum Gasteiger partial charge on any atom is -0.493 e. The normalized spacial score (nSPS) is 10.6. The number of methoxy groups -OCH3 is 2. The Morgan fingerprint density at radius 1 is 0.952 bits per heavy atom. The Balaban J connectivity index is 2.17. The average Bonchev–Trinajstić information content (AvgIpc) is 2.53. The molecule has 0 radical (unpaired) electrons. The van der Waals surface area contributed by atoms with E-state index in [4.69, 9.17) is 9.47 Å². The summed E-state index contributed by atoms with van der Waals surface area (Å²) in [5.41, 5.74) is 2.37. The molecule has 0 spiro atoms. The van der Waals surface area contributed by atoms with Gasteiger partial charge in [0.15, 0.2) is 11.5 Å². The maximum atomic E-state index is 13.3. The van der Waals surface area contributed by atoms with Crippen molar-refractivity contribution < 1.29 is 13.9 Å². The number of halogens is 1. The van der Waals surface area contributed by atoms with Gasteiger partial charge in [0.2, 0.25) is 0 Å². The molecule has 0 unspecified atom stereocenters. The summed E-state index contributed by atoms with van der Waals surface area (Å²) in [4.78, 5) is 4.44. The Morgan fingerprint density at radius 3 is 2.52 bits per heavy atom. The molecule has 0 aliphatic rings. The highest BCUT2D eigenvalue weighted by atomic mass is 19.1. The van der Waals surface area contributed by atoms with Crippen LogP contribution in [0.5, 0.6) is 11.5 Å². The topological polar surface area (TPSA) is 31.4 Å². The predicted molar refractivity (Wildman–Crippen MR) is 80.2 cm³/mol. The highest BCUT2D eigenvalue weighted by molar-refractivity contribution is 5.90. The Labute approximate surface area is 122 Å². The van der Waals surface area contributed by atoms with E-state index in [2.05, 4.69) is 4.98 Å². The number of pyridine rings is 1. The standard InChI is InChI=1S/C17H14FNO2/c1-20-15-7-6-12-8-13(10-19-16(12)17(15)21-2)11-4-3-5-14(18)9-11/h3-10H,1-2H3. The van der Waals surface area contributed by atoms with Crippen molar-refractivity contribution in [2.45, 2.75) is 0 Å². The van der Waals surface area contributed by atoms with E-state index in [1.54, 1.807) is 26.5 Å². The highest BCUT2D eigenvalue weighted by Gasteiger charge is 2.11. The van der Waals surface area contributed by atoms with Crippen molar-refractivity contribution in [3.8, 4) is 22.6 Å². The first-order chi connectivity index (χ1) is 10.2. The van der Waals surface area contributed by atoms with E-state index in [0.29, 0.717) is 11.5 Å². The van der Waals surface area contributed by atoms with Crippen molar-refractivity contribution in [3.63, 3.8) is 0 Å². The third kappa shape index (κ3) is 2.40. The third-order valence-electron chi connectivity index (χ3n) is 3.35. The molecule has 1 aromatic heterocycles. The minimum absolute atomic E-state index is 0.264. The number of fused-ring (bicyclic) bond motifs is 1. The summed E-state index contributed by atoms with van der Waals surface area (Å²) >= 11 is 0. The van der Waals surface area contributed by atoms with E-state index in [0.717, 1.165) is 22.0 Å². The van der Waals surface area contributed by atoms with Crippen LogP contribution in [0.3, 0.4) is 0 Å². The summed E-state index contributed by atoms with van der Waals surface area (Å²) in [6, 6.07) is 12.1. The van der Waals surface area contributed by atoms with E-state index < -0.39 is 0 Å². The number of nitrogens with zero attached hydrogens (tertiary/aromatic N) is 1. The van der Waals surface area contributed by atoms with Crippen molar-refractivity contribution in [3.05, 3.63) is 54.5 Å². The molecule has 4 heteroatoms. The molecule has 0 aliphatic carbocycles. The largest absolute Gasteiger partial charge is 0.493 e. The highest BCUT2D eigenvalue weighted by Crippen LogP contribution is 2.35. The lowest BCUT2D eigenvalue weighted by atomic mass is 10.0. The van der Waals surface area contributed by atoms with Crippen molar-refractivity contribution in [1.29, 1.82) is 0 Å². The van der Waals surface area contributed by atoms with E-state index in [9.17, 15) is 4.39 Å². The van der Waals surface area contributed by atoms with Gasteiger partial charge < -0.3 is 9.47 Å². The third-order valence-corrected chi connectivity index (χ3v) is 3.35. The van der Waals surface area contributed by atoms with Crippen LogP contribution in [0.15, 0.2) is 48.7 Å².